The molecule has 0 bridgehead atoms. The predicted octanol–water partition coefficient (Wildman–Crippen LogP) is 3.73. The Morgan fingerprint density at radius 1 is 1.33 bits per heavy atom. The number of hydrogen-bond donors (Lipinski definition) is 0. The molecular weight excluding hydrogens is 300 g/mol. The monoisotopic (exact) mass is 302 g/mol. The van der Waals surface area contributed by atoms with E-state index in [1.807, 2.05) is 0 Å². The fraction of sp³-hybridized carbons (Fsp3) is 0.125. The van der Waals surface area contributed by atoms with E-state index in [1.54, 1.807) is 0 Å². The van der Waals surface area contributed by atoms with Gasteiger partial charge in [-0.3, -0.25) is 4.79 Å². The first-order valence-corrected chi connectivity index (χ1v) is 4.71. The highest BCUT2D eigenvalue weighted by Gasteiger charge is 2.31. The van der Waals surface area contributed by atoms with Gasteiger partial charge in [-0.25, -0.2) is 0 Å². The largest absolute Gasteiger partial charge is 0.573 e. The summed E-state index contributed by atoms with van der Waals surface area (Å²) in [6, 6.07) is 3.28. The van der Waals surface area contributed by atoms with Crippen LogP contribution in [0.3, 0.4) is 0 Å². The van der Waals surface area contributed by atoms with Crippen molar-refractivity contribution >= 4 is 32.8 Å². The van der Waals surface area contributed by atoms with Crippen LogP contribution in [0.5, 0.6) is 5.75 Å². The van der Waals surface area contributed by atoms with Gasteiger partial charge in [-0.05, 0) is 29.8 Å². The molecule has 0 N–H and O–H groups in total. The van der Waals surface area contributed by atoms with Crippen molar-refractivity contribution < 1.29 is 22.7 Å². The number of rotatable bonds is 2. The summed E-state index contributed by atoms with van der Waals surface area (Å²) >= 11 is 8.05. The fourth-order valence-electron chi connectivity index (χ4n) is 0.869. The first-order valence-electron chi connectivity index (χ1n) is 3.54. The van der Waals surface area contributed by atoms with Crippen LogP contribution in [0.2, 0.25) is 0 Å². The number of alkyl halides is 3. The van der Waals surface area contributed by atoms with Crippen LogP contribution in [0, 0.1) is 0 Å². The van der Waals surface area contributed by atoms with Gasteiger partial charge in [-0.2, -0.15) is 0 Å². The first-order chi connectivity index (χ1) is 6.78. The van der Waals surface area contributed by atoms with Gasteiger partial charge in [0.2, 0.25) is 0 Å². The smallest absolute Gasteiger partial charge is 0.406 e. The molecule has 1 aromatic rings. The van der Waals surface area contributed by atoms with E-state index in [2.05, 4.69) is 20.7 Å². The number of carbonyl (C=O) groups excluding carboxylic acids is 1. The molecule has 7 heteroatoms. The zero-order valence-corrected chi connectivity index (χ0v) is 9.28. The number of benzene rings is 1. The maximum Gasteiger partial charge on any atom is 0.573 e. The van der Waals surface area contributed by atoms with E-state index in [0.29, 0.717) is 0 Å². The lowest BCUT2D eigenvalue weighted by Crippen LogP contribution is -2.17. The van der Waals surface area contributed by atoms with E-state index < -0.39 is 17.4 Å². The molecule has 0 spiro atoms. The topological polar surface area (TPSA) is 26.3 Å². The van der Waals surface area contributed by atoms with Gasteiger partial charge in [0.05, 0.1) is 0 Å². The van der Waals surface area contributed by atoms with Crippen LogP contribution in [0.25, 0.3) is 0 Å². The van der Waals surface area contributed by atoms with Crippen LogP contribution in [0.15, 0.2) is 22.7 Å². The summed E-state index contributed by atoms with van der Waals surface area (Å²) < 4.78 is 39.5. The highest BCUT2D eigenvalue weighted by Crippen LogP contribution is 2.27. The Morgan fingerprint density at radius 3 is 2.40 bits per heavy atom. The Morgan fingerprint density at radius 2 is 1.93 bits per heavy atom. The molecule has 0 fully saturated rings. The summed E-state index contributed by atoms with van der Waals surface area (Å²) in [7, 11) is 0. The lowest BCUT2D eigenvalue weighted by molar-refractivity contribution is -0.274. The van der Waals surface area contributed by atoms with E-state index in [-0.39, 0.29) is 10.0 Å². The van der Waals surface area contributed by atoms with Gasteiger partial charge in [0, 0.05) is 10.0 Å². The number of hydrogen-bond acceptors (Lipinski definition) is 2. The van der Waals surface area contributed by atoms with Crippen molar-refractivity contribution in [1.82, 2.24) is 0 Å². The number of carbonyl (C=O) groups is 1. The van der Waals surface area contributed by atoms with Crippen molar-refractivity contribution in [2.45, 2.75) is 6.36 Å². The molecule has 0 amide bonds. The van der Waals surface area contributed by atoms with E-state index in [0.717, 1.165) is 12.1 Å². The van der Waals surface area contributed by atoms with Crippen LogP contribution in [0.4, 0.5) is 13.2 Å². The number of halogens is 5. The van der Waals surface area contributed by atoms with Crippen LogP contribution in [-0.2, 0) is 0 Å². The molecule has 0 aromatic heterocycles. The third-order valence-electron chi connectivity index (χ3n) is 1.33. The first kappa shape index (κ1) is 12.3. The maximum atomic E-state index is 11.9. The Bertz CT molecular complexity index is 392. The summed E-state index contributed by atoms with van der Waals surface area (Å²) in [5.41, 5.74) is -0.0784. The zero-order valence-electron chi connectivity index (χ0n) is 6.94. The molecule has 0 aliphatic heterocycles. The molecule has 82 valence electrons. The second-order valence-electron chi connectivity index (χ2n) is 2.50. The summed E-state index contributed by atoms with van der Waals surface area (Å²) in [5, 5.41) is -0.858. The van der Waals surface area contributed by atoms with Gasteiger partial charge in [0.25, 0.3) is 5.24 Å². The Hall–Kier alpha value is -0.750. The van der Waals surface area contributed by atoms with Crippen molar-refractivity contribution in [3.8, 4) is 5.75 Å². The van der Waals surface area contributed by atoms with E-state index >= 15 is 0 Å². The molecule has 1 rings (SSSR count). The third-order valence-corrected chi connectivity index (χ3v) is 2.01. The zero-order chi connectivity index (χ0) is 11.6. The van der Waals surface area contributed by atoms with Crippen LogP contribution in [0.1, 0.15) is 10.4 Å². The van der Waals surface area contributed by atoms with Crippen molar-refractivity contribution in [3.05, 3.63) is 28.2 Å². The molecule has 0 aliphatic rings. The van der Waals surface area contributed by atoms with Gasteiger partial charge in [-0.1, -0.05) is 15.9 Å². The summed E-state index contributed by atoms with van der Waals surface area (Å²) in [6.45, 7) is 0. The molecule has 2 nitrogen and oxygen atoms in total. The second-order valence-corrected chi connectivity index (χ2v) is 3.76. The average molecular weight is 303 g/mol. The summed E-state index contributed by atoms with van der Waals surface area (Å²) in [5.74, 6) is -0.499. The fourth-order valence-corrected chi connectivity index (χ4v) is 1.45. The van der Waals surface area contributed by atoms with Crippen molar-refractivity contribution in [1.29, 1.82) is 0 Å². The average Bonchev–Trinajstić information content (AvgIpc) is 1.99. The van der Waals surface area contributed by atoms with Crippen LogP contribution < -0.4 is 4.74 Å². The van der Waals surface area contributed by atoms with Gasteiger partial charge in [0.15, 0.2) is 0 Å². The lowest BCUT2D eigenvalue weighted by atomic mass is 10.2. The lowest BCUT2D eigenvalue weighted by Gasteiger charge is -2.09. The predicted molar refractivity (Wildman–Crippen MR) is 51.0 cm³/mol. The van der Waals surface area contributed by atoms with Crippen molar-refractivity contribution in [2.24, 2.45) is 0 Å². The molecular formula is C8H3BrClF3O2. The second kappa shape index (κ2) is 4.40. The molecule has 0 saturated heterocycles. The van der Waals surface area contributed by atoms with Gasteiger partial charge in [0.1, 0.15) is 5.75 Å². The van der Waals surface area contributed by atoms with Gasteiger partial charge < -0.3 is 4.74 Å². The number of ether oxygens (including phenoxy) is 1. The highest BCUT2D eigenvalue weighted by molar-refractivity contribution is 9.10. The Labute approximate surface area is 96.1 Å². The van der Waals surface area contributed by atoms with E-state index in [1.165, 1.54) is 6.07 Å². The van der Waals surface area contributed by atoms with Crippen molar-refractivity contribution in [3.63, 3.8) is 0 Å². The summed E-state index contributed by atoms with van der Waals surface area (Å²) in [4.78, 5) is 10.7. The molecule has 0 saturated carbocycles. The van der Waals surface area contributed by atoms with Crippen molar-refractivity contribution in [2.75, 3.05) is 0 Å². The maximum absolute atomic E-state index is 11.9. The molecule has 0 atom stereocenters. The molecule has 0 heterocycles. The van der Waals surface area contributed by atoms with Crippen LogP contribution in [-0.4, -0.2) is 11.6 Å². The molecule has 0 aliphatic carbocycles. The minimum atomic E-state index is -4.80. The normalized spacial score (nSPS) is 11.3. The SMILES string of the molecule is O=C(Cl)c1cc(Br)cc(OC(F)(F)F)c1. The molecule has 0 unspecified atom stereocenters. The quantitative estimate of drug-likeness (QED) is 0.778. The van der Waals surface area contributed by atoms with Gasteiger partial charge >= 0.3 is 6.36 Å². The molecule has 1 aromatic carbocycles. The summed E-state index contributed by atoms with van der Waals surface area (Å²) in [6.07, 6.45) is -4.80. The molecule has 15 heavy (non-hydrogen) atoms. The minimum Gasteiger partial charge on any atom is -0.406 e. The highest BCUT2D eigenvalue weighted by atomic mass is 79.9. The minimum absolute atomic E-state index is 0.0784. The standard InChI is InChI=1S/C8H3BrClF3O2/c9-5-1-4(7(10)14)2-6(3-5)15-8(11,12)13/h1-3H. The van der Waals surface area contributed by atoms with Gasteiger partial charge in [-0.15, -0.1) is 13.2 Å². The molecule has 0 radical (unpaired) electrons. The van der Waals surface area contributed by atoms with Crippen LogP contribution >= 0.6 is 27.5 Å². The van der Waals surface area contributed by atoms with E-state index in [4.69, 9.17) is 11.6 Å². The Balaban J connectivity index is 3.04. The Kier molecular flexibility index (Phi) is 3.62. The van der Waals surface area contributed by atoms with E-state index in [9.17, 15) is 18.0 Å². The third kappa shape index (κ3) is 4.09.